The van der Waals surface area contributed by atoms with Crippen molar-refractivity contribution in [2.45, 2.75) is 26.4 Å². The van der Waals surface area contributed by atoms with Crippen molar-refractivity contribution in [3.8, 4) is 5.88 Å². The van der Waals surface area contributed by atoms with E-state index in [1.165, 1.54) is 25.4 Å². The van der Waals surface area contributed by atoms with Crippen molar-refractivity contribution in [2.75, 3.05) is 7.11 Å². The molecule has 0 saturated heterocycles. The Kier molecular flexibility index (Phi) is 4.43. The summed E-state index contributed by atoms with van der Waals surface area (Å²) in [6.07, 6.45) is -2.36. The van der Waals surface area contributed by atoms with Crippen LogP contribution in [0.3, 0.4) is 0 Å². The largest absolute Gasteiger partial charge is 0.481 e. The van der Waals surface area contributed by atoms with Gasteiger partial charge >= 0.3 is 6.18 Å². The Morgan fingerprint density at radius 2 is 2.00 bits per heavy atom. The van der Waals surface area contributed by atoms with E-state index in [2.05, 4.69) is 9.97 Å². The van der Waals surface area contributed by atoms with Gasteiger partial charge in [0.2, 0.25) is 17.4 Å². The van der Waals surface area contributed by atoms with Gasteiger partial charge in [0, 0.05) is 23.0 Å². The smallest absolute Gasteiger partial charge is 0.416 e. The first-order chi connectivity index (χ1) is 12.3. The Hall–Kier alpha value is -2.90. The third-order valence-corrected chi connectivity index (χ3v) is 4.18. The fraction of sp³-hybridized carbons (Fsp3) is 0.278. The molecule has 0 aliphatic heterocycles. The van der Waals surface area contributed by atoms with Crippen LogP contribution < -0.4 is 4.74 Å². The van der Waals surface area contributed by atoms with E-state index >= 15 is 0 Å². The number of hydrogen-bond acceptors (Lipinski definition) is 4. The standard InChI is InChI=1S/C18H16F3N3O2/c1-4-13-10(2)24-9-14(22-17(24)23-16(13)26-3)15(25)11-6-5-7-12(8-11)18(19,20)21/h5-9H,4H2,1-3H3. The first-order valence-corrected chi connectivity index (χ1v) is 7.90. The highest BCUT2D eigenvalue weighted by molar-refractivity contribution is 6.08. The molecule has 0 atom stereocenters. The maximum absolute atomic E-state index is 12.9. The molecule has 5 nitrogen and oxygen atoms in total. The minimum Gasteiger partial charge on any atom is -0.481 e. The first-order valence-electron chi connectivity index (χ1n) is 7.90. The second-order valence-corrected chi connectivity index (χ2v) is 5.74. The van der Waals surface area contributed by atoms with Crippen LogP contribution in [0.1, 0.15) is 39.8 Å². The number of rotatable bonds is 4. The normalized spacial score (nSPS) is 11.8. The number of aromatic nitrogens is 3. The number of imidazole rings is 1. The molecule has 0 amide bonds. The molecular weight excluding hydrogens is 347 g/mol. The predicted molar refractivity (Wildman–Crippen MR) is 88.5 cm³/mol. The van der Waals surface area contributed by atoms with E-state index in [-0.39, 0.29) is 17.0 Å². The molecule has 2 heterocycles. The fourth-order valence-electron chi connectivity index (χ4n) is 2.82. The van der Waals surface area contributed by atoms with Gasteiger partial charge in [-0.3, -0.25) is 9.20 Å². The van der Waals surface area contributed by atoms with Crippen LogP contribution in [0.25, 0.3) is 5.78 Å². The summed E-state index contributed by atoms with van der Waals surface area (Å²) >= 11 is 0. The average molecular weight is 363 g/mol. The van der Waals surface area contributed by atoms with Crippen molar-refractivity contribution < 1.29 is 22.7 Å². The van der Waals surface area contributed by atoms with Crippen molar-refractivity contribution in [3.05, 3.63) is 58.5 Å². The number of nitrogens with zero attached hydrogens (tertiary/aromatic N) is 3. The highest BCUT2D eigenvalue weighted by Crippen LogP contribution is 2.30. The molecule has 0 unspecified atom stereocenters. The summed E-state index contributed by atoms with van der Waals surface area (Å²) in [5.74, 6) is 0.0751. The van der Waals surface area contributed by atoms with Crippen molar-refractivity contribution in [3.63, 3.8) is 0 Å². The molecule has 0 spiro atoms. The molecule has 3 rings (SSSR count). The molecule has 0 bridgehead atoms. The second-order valence-electron chi connectivity index (χ2n) is 5.74. The highest BCUT2D eigenvalue weighted by Gasteiger charge is 2.31. The van der Waals surface area contributed by atoms with E-state index < -0.39 is 17.5 Å². The summed E-state index contributed by atoms with van der Waals surface area (Å²) in [6, 6.07) is 4.28. The van der Waals surface area contributed by atoms with Gasteiger partial charge in [-0.15, -0.1) is 0 Å². The zero-order valence-electron chi connectivity index (χ0n) is 14.4. The molecule has 2 aromatic heterocycles. The summed E-state index contributed by atoms with van der Waals surface area (Å²) < 4.78 is 45.5. The number of alkyl halides is 3. The van der Waals surface area contributed by atoms with Gasteiger partial charge in [0.15, 0.2) is 0 Å². The van der Waals surface area contributed by atoms with E-state index in [9.17, 15) is 18.0 Å². The summed E-state index contributed by atoms with van der Waals surface area (Å²) in [5.41, 5.74) is 0.746. The molecule has 0 N–H and O–H groups in total. The quantitative estimate of drug-likeness (QED) is 0.661. The van der Waals surface area contributed by atoms with Crippen molar-refractivity contribution in [1.29, 1.82) is 0 Å². The number of halogens is 3. The molecule has 26 heavy (non-hydrogen) atoms. The van der Waals surface area contributed by atoms with Crippen LogP contribution in [0.5, 0.6) is 5.88 Å². The number of aryl methyl sites for hydroxylation is 1. The van der Waals surface area contributed by atoms with E-state index in [0.29, 0.717) is 12.3 Å². The number of fused-ring (bicyclic) bond motifs is 1. The molecular formula is C18H16F3N3O2. The molecule has 3 aromatic rings. The molecule has 1 aromatic carbocycles. The molecule has 8 heteroatoms. The van der Waals surface area contributed by atoms with E-state index in [1.54, 1.807) is 4.40 Å². The SMILES string of the molecule is CCc1c(OC)nc2nc(C(=O)c3cccc(C(F)(F)F)c3)cn2c1C. The number of benzene rings is 1. The van der Waals surface area contributed by atoms with Gasteiger partial charge in [0.1, 0.15) is 5.69 Å². The van der Waals surface area contributed by atoms with Gasteiger partial charge in [-0.05, 0) is 25.5 Å². The number of ketones is 1. The maximum Gasteiger partial charge on any atom is 0.416 e. The van der Waals surface area contributed by atoms with Crippen LogP contribution in [0, 0.1) is 6.92 Å². The molecule has 0 fully saturated rings. The number of carbonyl (C=O) groups is 1. The third kappa shape index (κ3) is 3.02. The van der Waals surface area contributed by atoms with Gasteiger partial charge in [-0.2, -0.15) is 18.2 Å². The number of ether oxygens (including phenoxy) is 1. The monoisotopic (exact) mass is 363 g/mol. The Morgan fingerprint density at radius 3 is 2.62 bits per heavy atom. The van der Waals surface area contributed by atoms with Crippen LogP contribution in [-0.4, -0.2) is 27.3 Å². The molecule has 0 aliphatic rings. The van der Waals surface area contributed by atoms with Crippen LogP contribution in [0.4, 0.5) is 13.2 Å². The van der Waals surface area contributed by atoms with Crippen molar-refractivity contribution in [1.82, 2.24) is 14.4 Å². The van der Waals surface area contributed by atoms with Crippen LogP contribution in [0.2, 0.25) is 0 Å². The number of methoxy groups -OCH3 is 1. The summed E-state index contributed by atoms with van der Waals surface area (Å²) in [4.78, 5) is 21.1. The lowest BCUT2D eigenvalue weighted by atomic mass is 10.1. The minimum absolute atomic E-state index is 0.0234. The molecule has 0 radical (unpaired) electrons. The van der Waals surface area contributed by atoms with Crippen LogP contribution in [-0.2, 0) is 12.6 Å². The second kappa shape index (κ2) is 6.44. The number of hydrogen-bond donors (Lipinski definition) is 0. The van der Waals surface area contributed by atoms with Gasteiger partial charge in [0.05, 0.1) is 12.7 Å². The zero-order chi connectivity index (χ0) is 19.1. The summed E-state index contributed by atoms with van der Waals surface area (Å²) in [7, 11) is 1.50. The van der Waals surface area contributed by atoms with Gasteiger partial charge in [0.25, 0.3) is 0 Å². The Bertz CT molecular complexity index is 993. The predicted octanol–water partition coefficient (Wildman–Crippen LogP) is 3.86. The molecule has 0 aliphatic carbocycles. The lowest BCUT2D eigenvalue weighted by molar-refractivity contribution is -0.137. The maximum atomic E-state index is 12.9. The van der Waals surface area contributed by atoms with Crippen LogP contribution in [0.15, 0.2) is 30.5 Å². The van der Waals surface area contributed by atoms with Crippen molar-refractivity contribution >= 4 is 11.6 Å². The Balaban J connectivity index is 2.09. The van der Waals surface area contributed by atoms with Gasteiger partial charge in [-0.25, -0.2) is 4.98 Å². The van der Waals surface area contributed by atoms with Gasteiger partial charge in [-0.1, -0.05) is 19.1 Å². The zero-order valence-corrected chi connectivity index (χ0v) is 14.4. The Morgan fingerprint density at radius 1 is 1.27 bits per heavy atom. The Labute approximate surface area is 147 Å². The molecule has 136 valence electrons. The fourth-order valence-corrected chi connectivity index (χ4v) is 2.82. The lowest BCUT2D eigenvalue weighted by Crippen LogP contribution is -2.08. The molecule has 0 saturated carbocycles. The topological polar surface area (TPSA) is 56.5 Å². The first kappa shape index (κ1) is 17.9. The van der Waals surface area contributed by atoms with E-state index in [0.717, 1.165) is 23.4 Å². The third-order valence-electron chi connectivity index (χ3n) is 4.18. The summed E-state index contributed by atoms with van der Waals surface area (Å²) in [5, 5.41) is 0. The van der Waals surface area contributed by atoms with Crippen LogP contribution >= 0.6 is 0 Å². The minimum atomic E-state index is -4.52. The highest BCUT2D eigenvalue weighted by atomic mass is 19.4. The number of carbonyl (C=O) groups excluding carboxylic acids is 1. The average Bonchev–Trinajstić information content (AvgIpc) is 3.04. The van der Waals surface area contributed by atoms with E-state index in [4.69, 9.17) is 4.74 Å². The van der Waals surface area contributed by atoms with Gasteiger partial charge < -0.3 is 4.74 Å². The van der Waals surface area contributed by atoms with E-state index in [1.807, 2.05) is 13.8 Å². The van der Waals surface area contributed by atoms with Crippen molar-refractivity contribution in [2.24, 2.45) is 0 Å². The summed E-state index contributed by atoms with van der Waals surface area (Å²) in [6.45, 7) is 3.79. The lowest BCUT2D eigenvalue weighted by Gasteiger charge is -2.10.